The second kappa shape index (κ2) is 3.73. The molecule has 0 aromatic rings. The quantitative estimate of drug-likeness (QED) is 0.736. The Balaban J connectivity index is 2.47. The number of nitrogens with zero attached hydrogens (tertiary/aromatic N) is 1. The molecule has 13 heavy (non-hydrogen) atoms. The van der Waals surface area contributed by atoms with Crippen LogP contribution in [0.5, 0.6) is 0 Å². The number of amides is 1. The van der Waals surface area contributed by atoms with E-state index < -0.39 is 16.3 Å². The highest BCUT2D eigenvalue weighted by atomic mass is 35.5. The van der Waals surface area contributed by atoms with Crippen molar-refractivity contribution < 1.29 is 4.79 Å². The zero-order chi connectivity index (χ0) is 10.1. The van der Waals surface area contributed by atoms with Crippen LogP contribution in [0.25, 0.3) is 0 Å². The van der Waals surface area contributed by atoms with Crippen LogP contribution in [0.3, 0.4) is 0 Å². The molecule has 0 aromatic carbocycles. The van der Waals surface area contributed by atoms with Crippen molar-refractivity contribution in [3.63, 3.8) is 0 Å². The van der Waals surface area contributed by atoms with E-state index >= 15 is 0 Å². The number of hydrogen-bond acceptors (Lipinski definition) is 2. The number of hydrogen-bond donors (Lipinski definition) is 1. The zero-order valence-electron chi connectivity index (χ0n) is 7.18. The third-order valence-electron chi connectivity index (χ3n) is 1.92. The van der Waals surface area contributed by atoms with E-state index in [2.05, 4.69) is 5.32 Å². The average Bonchev–Trinajstić information content (AvgIpc) is 2.80. The molecule has 1 saturated carbocycles. The van der Waals surface area contributed by atoms with E-state index in [4.69, 9.17) is 28.5 Å². The molecule has 0 radical (unpaired) electrons. The first kappa shape index (κ1) is 10.6. The fraction of sp³-hybridized carbons (Fsp3) is 0.750. The summed E-state index contributed by atoms with van der Waals surface area (Å²) < 4.78 is -1.45. The molecule has 0 bridgehead atoms. The number of alkyl halides is 2. The number of nitrogens with one attached hydrogen (secondary N) is 1. The Bertz CT molecular complexity index is 250. The molecular weight excluding hydrogens is 211 g/mol. The van der Waals surface area contributed by atoms with Crippen molar-refractivity contribution >= 4 is 29.1 Å². The van der Waals surface area contributed by atoms with Gasteiger partial charge in [-0.25, -0.2) is 0 Å². The van der Waals surface area contributed by atoms with Crippen molar-refractivity contribution in [2.24, 2.45) is 5.92 Å². The van der Waals surface area contributed by atoms with E-state index in [0.717, 1.165) is 12.8 Å². The Morgan fingerprint density at radius 1 is 1.69 bits per heavy atom. The molecule has 0 spiro atoms. The third-order valence-corrected chi connectivity index (χ3v) is 2.26. The molecule has 0 aliphatic heterocycles. The molecule has 1 amide bonds. The van der Waals surface area contributed by atoms with Gasteiger partial charge in [-0.05, 0) is 25.7 Å². The molecule has 1 rings (SSSR count). The first-order chi connectivity index (χ1) is 5.95. The molecule has 1 fully saturated rings. The van der Waals surface area contributed by atoms with E-state index in [-0.39, 0.29) is 5.92 Å². The van der Waals surface area contributed by atoms with Crippen LogP contribution in [0.15, 0.2) is 0 Å². The Kier molecular flexibility index (Phi) is 3.05. The maximum atomic E-state index is 11.2. The van der Waals surface area contributed by atoms with Crippen molar-refractivity contribution in [1.82, 2.24) is 5.32 Å². The summed E-state index contributed by atoms with van der Waals surface area (Å²) in [7, 11) is 0. The summed E-state index contributed by atoms with van der Waals surface area (Å²) in [6.07, 6.45) is 1.97. The van der Waals surface area contributed by atoms with Crippen LogP contribution < -0.4 is 5.32 Å². The molecule has 1 aliphatic rings. The van der Waals surface area contributed by atoms with Gasteiger partial charge in [0.2, 0.25) is 0 Å². The third kappa shape index (κ3) is 3.06. The largest absolute Gasteiger partial charge is 0.338 e. The van der Waals surface area contributed by atoms with Crippen molar-refractivity contribution in [3.05, 3.63) is 0 Å². The Morgan fingerprint density at radius 2 is 2.23 bits per heavy atom. The van der Waals surface area contributed by atoms with Crippen LogP contribution in [0.2, 0.25) is 0 Å². The standard InChI is InChI=1S/C8H10Cl2N2O/c1-8(9,10)7(13)12-6(4-11)5-2-3-5/h5-6H,2-3H2,1H3,(H,12,13). The minimum atomic E-state index is -1.45. The first-order valence-electron chi connectivity index (χ1n) is 4.03. The fourth-order valence-corrected chi connectivity index (χ4v) is 1.06. The molecule has 1 aliphatic carbocycles. The monoisotopic (exact) mass is 220 g/mol. The maximum Gasteiger partial charge on any atom is 0.257 e. The molecule has 0 saturated heterocycles. The van der Waals surface area contributed by atoms with E-state index in [1.54, 1.807) is 0 Å². The summed E-state index contributed by atoms with van der Waals surface area (Å²) >= 11 is 11.1. The van der Waals surface area contributed by atoms with Crippen molar-refractivity contribution in [3.8, 4) is 6.07 Å². The molecule has 0 aromatic heterocycles. The smallest absolute Gasteiger partial charge is 0.257 e. The van der Waals surface area contributed by atoms with Crippen molar-refractivity contribution in [1.29, 1.82) is 5.26 Å². The van der Waals surface area contributed by atoms with Gasteiger partial charge in [-0.3, -0.25) is 4.79 Å². The van der Waals surface area contributed by atoms with Gasteiger partial charge in [0.1, 0.15) is 6.04 Å². The molecule has 72 valence electrons. The second-order valence-corrected chi connectivity index (χ2v) is 5.01. The molecule has 5 heteroatoms. The summed E-state index contributed by atoms with van der Waals surface area (Å²) in [5.41, 5.74) is 0. The summed E-state index contributed by atoms with van der Waals surface area (Å²) in [5.74, 6) is -0.223. The number of carbonyl (C=O) groups excluding carboxylic acids is 1. The van der Waals surface area contributed by atoms with Gasteiger partial charge < -0.3 is 5.32 Å². The van der Waals surface area contributed by atoms with Gasteiger partial charge in [-0.1, -0.05) is 23.2 Å². The van der Waals surface area contributed by atoms with Gasteiger partial charge in [0, 0.05) is 0 Å². The summed E-state index contributed by atoms with van der Waals surface area (Å²) in [5, 5.41) is 11.2. The molecular formula is C8H10Cl2N2O. The summed E-state index contributed by atoms with van der Waals surface area (Å²) in [6, 6.07) is 1.58. The molecule has 1 atom stereocenters. The lowest BCUT2D eigenvalue weighted by molar-refractivity contribution is -0.121. The summed E-state index contributed by atoms with van der Waals surface area (Å²) in [4.78, 5) is 11.2. The van der Waals surface area contributed by atoms with Gasteiger partial charge in [0.25, 0.3) is 5.91 Å². The van der Waals surface area contributed by atoms with Crippen LogP contribution in [0, 0.1) is 17.2 Å². The normalized spacial score (nSPS) is 18.9. The molecule has 1 N–H and O–H groups in total. The van der Waals surface area contributed by atoms with Crippen molar-refractivity contribution in [2.75, 3.05) is 0 Å². The van der Waals surface area contributed by atoms with Crippen LogP contribution in [0.4, 0.5) is 0 Å². The van der Waals surface area contributed by atoms with Crippen LogP contribution in [0.1, 0.15) is 19.8 Å². The SMILES string of the molecule is CC(Cl)(Cl)C(=O)NC(C#N)C1CC1. The highest BCUT2D eigenvalue weighted by molar-refractivity contribution is 6.57. The second-order valence-electron chi connectivity index (χ2n) is 3.31. The lowest BCUT2D eigenvalue weighted by Gasteiger charge is -2.16. The number of carbonyl (C=O) groups is 1. The van der Waals surface area contributed by atoms with E-state index in [1.165, 1.54) is 6.92 Å². The van der Waals surface area contributed by atoms with Gasteiger partial charge in [-0.15, -0.1) is 0 Å². The van der Waals surface area contributed by atoms with E-state index in [1.807, 2.05) is 6.07 Å². The molecule has 1 unspecified atom stereocenters. The first-order valence-corrected chi connectivity index (χ1v) is 4.79. The van der Waals surface area contributed by atoms with Gasteiger partial charge in [-0.2, -0.15) is 5.26 Å². The Labute approximate surface area is 87.0 Å². The molecule has 0 heterocycles. The predicted molar refractivity (Wildman–Crippen MR) is 50.4 cm³/mol. The number of nitriles is 1. The van der Waals surface area contributed by atoms with Crippen LogP contribution >= 0.6 is 23.2 Å². The van der Waals surface area contributed by atoms with Crippen LogP contribution in [-0.2, 0) is 4.79 Å². The molecule has 3 nitrogen and oxygen atoms in total. The highest BCUT2D eigenvalue weighted by Crippen LogP contribution is 2.33. The Morgan fingerprint density at radius 3 is 2.54 bits per heavy atom. The Hall–Kier alpha value is -0.460. The minimum absolute atomic E-state index is 0.282. The van der Waals surface area contributed by atoms with Crippen LogP contribution in [-0.4, -0.2) is 16.3 Å². The predicted octanol–water partition coefficient (Wildman–Crippen LogP) is 1.60. The zero-order valence-corrected chi connectivity index (χ0v) is 8.69. The number of rotatable bonds is 3. The topological polar surface area (TPSA) is 52.9 Å². The summed E-state index contributed by atoms with van der Waals surface area (Å²) in [6.45, 7) is 1.38. The lowest BCUT2D eigenvalue weighted by Crippen LogP contribution is -2.43. The number of halogens is 2. The van der Waals surface area contributed by atoms with E-state index in [9.17, 15) is 4.79 Å². The minimum Gasteiger partial charge on any atom is -0.338 e. The van der Waals surface area contributed by atoms with Gasteiger partial charge in [0.05, 0.1) is 6.07 Å². The lowest BCUT2D eigenvalue weighted by atomic mass is 10.2. The van der Waals surface area contributed by atoms with Crippen molar-refractivity contribution in [2.45, 2.75) is 30.1 Å². The average molecular weight is 221 g/mol. The van der Waals surface area contributed by atoms with Gasteiger partial charge >= 0.3 is 0 Å². The van der Waals surface area contributed by atoms with Gasteiger partial charge in [0.15, 0.2) is 4.33 Å². The maximum absolute atomic E-state index is 11.2. The van der Waals surface area contributed by atoms with E-state index in [0.29, 0.717) is 0 Å². The fourth-order valence-electron chi connectivity index (χ4n) is 0.953. The highest BCUT2D eigenvalue weighted by Gasteiger charge is 2.36.